The molecule has 2 fully saturated rings. The molecule has 0 atom stereocenters. The molecule has 0 aromatic carbocycles. The van der Waals surface area contributed by atoms with Gasteiger partial charge in [-0.05, 0) is 12.8 Å². The summed E-state index contributed by atoms with van der Waals surface area (Å²) >= 11 is 0. The summed E-state index contributed by atoms with van der Waals surface area (Å²) in [5.74, 6) is 0.856. The molecule has 2 saturated heterocycles. The van der Waals surface area contributed by atoms with Gasteiger partial charge in [-0.3, -0.25) is 4.79 Å². The van der Waals surface area contributed by atoms with Crippen molar-refractivity contribution in [3.63, 3.8) is 0 Å². The van der Waals surface area contributed by atoms with Crippen LogP contribution < -0.4 is 4.90 Å². The van der Waals surface area contributed by atoms with E-state index in [0.717, 1.165) is 0 Å². The first-order valence-electron chi connectivity index (χ1n) is 9.08. The van der Waals surface area contributed by atoms with Crippen molar-refractivity contribution in [1.29, 1.82) is 0 Å². The zero-order chi connectivity index (χ0) is 18.9. The van der Waals surface area contributed by atoms with Gasteiger partial charge in [-0.2, -0.15) is 0 Å². The summed E-state index contributed by atoms with van der Waals surface area (Å²) in [6.45, 7) is 7.41. The molecule has 3 heterocycles. The second kappa shape index (κ2) is 7.51. The first kappa shape index (κ1) is 19.1. The lowest BCUT2D eigenvalue weighted by Crippen LogP contribution is -2.52. The van der Waals surface area contributed by atoms with E-state index < -0.39 is 10.0 Å². The molecule has 0 saturated carbocycles. The van der Waals surface area contributed by atoms with Crippen LogP contribution in [0.4, 0.5) is 6.01 Å². The lowest BCUT2D eigenvalue weighted by Gasteiger charge is -2.37. The summed E-state index contributed by atoms with van der Waals surface area (Å²) < 4.78 is 30.3. The van der Waals surface area contributed by atoms with Crippen molar-refractivity contribution in [3.8, 4) is 0 Å². The van der Waals surface area contributed by atoms with E-state index in [1.54, 1.807) is 0 Å². The minimum absolute atomic E-state index is 0.0875. The summed E-state index contributed by atoms with van der Waals surface area (Å²) in [6.07, 6.45) is 2.40. The lowest BCUT2D eigenvalue weighted by atomic mass is 9.96. The third kappa shape index (κ3) is 4.17. The number of piperidine rings is 1. The molecule has 1 aromatic rings. The van der Waals surface area contributed by atoms with Crippen LogP contribution in [-0.2, 0) is 14.8 Å². The zero-order valence-electron chi connectivity index (χ0n) is 15.6. The molecule has 3 rings (SSSR count). The van der Waals surface area contributed by atoms with E-state index in [9.17, 15) is 13.2 Å². The van der Waals surface area contributed by atoms with Gasteiger partial charge >= 0.3 is 6.01 Å². The van der Waals surface area contributed by atoms with Crippen molar-refractivity contribution in [1.82, 2.24) is 19.4 Å². The van der Waals surface area contributed by atoms with Gasteiger partial charge in [-0.25, -0.2) is 12.7 Å². The fraction of sp³-hybridized carbons (Fsp3) is 0.812. The molecule has 0 bridgehead atoms. The van der Waals surface area contributed by atoms with Crippen LogP contribution in [0.25, 0.3) is 0 Å². The number of carbonyl (C=O) groups is 1. The molecule has 146 valence electrons. The Labute approximate surface area is 154 Å². The first-order chi connectivity index (χ1) is 12.3. The Kier molecular flexibility index (Phi) is 5.52. The molecule has 2 aliphatic heterocycles. The Balaban J connectivity index is 1.51. The highest BCUT2D eigenvalue weighted by molar-refractivity contribution is 7.88. The molecule has 0 spiro atoms. The average Bonchev–Trinajstić information content (AvgIpc) is 3.11. The van der Waals surface area contributed by atoms with E-state index >= 15 is 0 Å². The Morgan fingerprint density at radius 2 is 1.69 bits per heavy atom. The molecule has 0 radical (unpaired) electrons. The SMILES string of the molecule is CC(C)c1nnc(N2CCN(C(=O)C3CCN(S(C)(=O)=O)CC3)CC2)o1. The summed E-state index contributed by atoms with van der Waals surface area (Å²) in [7, 11) is -3.16. The molecule has 0 N–H and O–H groups in total. The third-order valence-corrected chi connectivity index (χ3v) is 6.36. The topological polar surface area (TPSA) is 99.9 Å². The van der Waals surface area contributed by atoms with Gasteiger partial charge in [0.05, 0.1) is 6.26 Å². The maximum atomic E-state index is 12.7. The Morgan fingerprint density at radius 1 is 1.08 bits per heavy atom. The summed E-state index contributed by atoms with van der Waals surface area (Å²) in [5.41, 5.74) is 0. The first-order valence-corrected chi connectivity index (χ1v) is 10.9. The monoisotopic (exact) mass is 385 g/mol. The second-order valence-electron chi connectivity index (χ2n) is 7.33. The molecule has 26 heavy (non-hydrogen) atoms. The highest BCUT2D eigenvalue weighted by Gasteiger charge is 2.33. The maximum Gasteiger partial charge on any atom is 0.318 e. The predicted molar refractivity (Wildman–Crippen MR) is 96.3 cm³/mol. The lowest BCUT2D eigenvalue weighted by molar-refractivity contribution is -0.137. The number of piperazine rings is 1. The van der Waals surface area contributed by atoms with E-state index in [2.05, 4.69) is 10.2 Å². The third-order valence-electron chi connectivity index (χ3n) is 5.06. The van der Waals surface area contributed by atoms with Crippen molar-refractivity contribution >= 4 is 21.9 Å². The number of nitrogens with zero attached hydrogens (tertiary/aromatic N) is 5. The molecule has 10 heteroatoms. The van der Waals surface area contributed by atoms with E-state index in [-0.39, 0.29) is 17.7 Å². The largest absolute Gasteiger partial charge is 0.408 e. The summed E-state index contributed by atoms with van der Waals surface area (Å²) in [6, 6.07) is 0.516. The number of hydrogen-bond donors (Lipinski definition) is 0. The number of aromatic nitrogens is 2. The quantitative estimate of drug-likeness (QED) is 0.744. The summed E-state index contributed by atoms with van der Waals surface area (Å²) in [5, 5.41) is 8.15. The molecule has 2 aliphatic rings. The maximum absolute atomic E-state index is 12.7. The van der Waals surface area contributed by atoms with Crippen molar-refractivity contribution in [2.24, 2.45) is 5.92 Å². The molecule has 0 unspecified atom stereocenters. The van der Waals surface area contributed by atoms with Crippen LogP contribution in [0.1, 0.15) is 38.5 Å². The van der Waals surface area contributed by atoms with Gasteiger partial charge < -0.3 is 14.2 Å². The van der Waals surface area contributed by atoms with Crippen molar-refractivity contribution in [2.45, 2.75) is 32.6 Å². The Hall–Kier alpha value is -1.68. The number of carbonyl (C=O) groups excluding carboxylic acids is 1. The van der Waals surface area contributed by atoms with E-state index in [4.69, 9.17) is 4.42 Å². The second-order valence-corrected chi connectivity index (χ2v) is 9.31. The number of sulfonamides is 1. The standard InChI is InChI=1S/C16H27N5O4S/c1-12(2)14-17-18-16(25-14)20-10-8-19(9-11-20)15(22)13-4-6-21(7-5-13)26(3,23)24/h12-13H,4-11H2,1-3H3. The molecule has 9 nitrogen and oxygen atoms in total. The minimum atomic E-state index is -3.16. The molecular weight excluding hydrogens is 358 g/mol. The van der Waals surface area contributed by atoms with Crippen LogP contribution in [0, 0.1) is 5.92 Å². The van der Waals surface area contributed by atoms with E-state index in [1.165, 1.54) is 10.6 Å². The van der Waals surface area contributed by atoms with Gasteiger partial charge in [-0.1, -0.05) is 18.9 Å². The number of hydrogen-bond acceptors (Lipinski definition) is 7. The van der Waals surface area contributed by atoms with Crippen molar-refractivity contribution in [2.75, 3.05) is 50.4 Å². The normalized spacial score (nSPS) is 20.8. The summed E-state index contributed by atoms with van der Waals surface area (Å²) in [4.78, 5) is 16.6. The molecule has 1 amide bonds. The van der Waals surface area contributed by atoms with Gasteiger partial charge in [0.15, 0.2) is 0 Å². The van der Waals surface area contributed by atoms with E-state index in [0.29, 0.717) is 64.0 Å². The Morgan fingerprint density at radius 3 is 2.19 bits per heavy atom. The van der Waals surface area contributed by atoms with Crippen LogP contribution in [0.3, 0.4) is 0 Å². The van der Waals surface area contributed by atoms with Crippen LogP contribution in [-0.4, -0.2) is 79.3 Å². The number of amides is 1. The van der Waals surface area contributed by atoms with Gasteiger partial charge in [-0.15, -0.1) is 5.10 Å². The number of anilines is 1. The highest BCUT2D eigenvalue weighted by Crippen LogP contribution is 2.23. The van der Waals surface area contributed by atoms with Crippen molar-refractivity contribution in [3.05, 3.63) is 5.89 Å². The smallest absolute Gasteiger partial charge is 0.318 e. The average molecular weight is 385 g/mol. The molecule has 0 aliphatic carbocycles. The van der Waals surface area contributed by atoms with Crippen LogP contribution in [0.15, 0.2) is 4.42 Å². The van der Waals surface area contributed by atoms with E-state index in [1.807, 2.05) is 23.6 Å². The van der Waals surface area contributed by atoms with Gasteiger partial charge in [0, 0.05) is 51.1 Å². The highest BCUT2D eigenvalue weighted by atomic mass is 32.2. The van der Waals surface area contributed by atoms with Crippen molar-refractivity contribution < 1.29 is 17.6 Å². The van der Waals surface area contributed by atoms with Crippen LogP contribution in [0.2, 0.25) is 0 Å². The zero-order valence-corrected chi connectivity index (χ0v) is 16.4. The molecular formula is C16H27N5O4S. The van der Waals surface area contributed by atoms with Crippen LogP contribution in [0.5, 0.6) is 0 Å². The fourth-order valence-corrected chi connectivity index (χ4v) is 4.27. The fourth-order valence-electron chi connectivity index (χ4n) is 3.40. The van der Waals surface area contributed by atoms with Gasteiger partial charge in [0.2, 0.25) is 21.8 Å². The predicted octanol–water partition coefficient (Wildman–Crippen LogP) is 0.513. The molecule has 1 aromatic heterocycles. The van der Waals surface area contributed by atoms with Gasteiger partial charge in [0.1, 0.15) is 0 Å². The minimum Gasteiger partial charge on any atom is -0.408 e. The Bertz CT molecular complexity index is 732. The number of rotatable bonds is 4. The van der Waals surface area contributed by atoms with Crippen LogP contribution >= 0.6 is 0 Å². The van der Waals surface area contributed by atoms with Gasteiger partial charge in [0.25, 0.3) is 0 Å².